The Labute approximate surface area is 121 Å². The second kappa shape index (κ2) is 6.10. The third-order valence-corrected chi connectivity index (χ3v) is 2.88. The van der Waals surface area contributed by atoms with Crippen molar-refractivity contribution in [3.63, 3.8) is 0 Å². The summed E-state index contributed by atoms with van der Waals surface area (Å²) in [6.45, 7) is 9.17. The van der Waals surface area contributed by atoms with Crippen molar-refractivity contribution in [1.29, 1.82) is 0 Å². The summed E-state index contributed by atoms with van der Waals surface area (Å²) in [6.07, 6.45) is -0.602. The molecule has 0 aliphatic heterocycles. The molecule has 0 bridgehead atoms. The summed E-state index contributed by atoms with van der Waals surface area (Å²) in [4.78, 5) is 11.6. The van der Waals surface area contributed by atoms with E-state index in [-0.39, 0.29) is 5.75 Å². The number of alkyl halides is 1. The molecule has 1 rings (SSSR count). The summed E-state index contributed by atoms with van der Waals surface area (Å²) in [5.74, 6) is -0.0227. The molecule has 1 amide bonds. The molecule has 0 saturated carbocycles. The van der Waals surface area contributed by atoms with Crippen molar-refractivity contribution in [2.75, 3.05) is 10.6 Å². The van der Waals surface area contributed by atoms with E-state index in [1.54, 1.807) is 39.0 Å². The molecular formula is C14H18BrNO3. The molecule has 0 fully saturated rings. The van der Waals surface area contributed by atoms with Gasteiger partial charge in [0.25, 0.3) is 0 Å². The summed E-state index contributed by atoms with van der Waals surface area (Å²) >= 11 is 3.30. The Balaban J connectivity index is 2.81. The number of anilines is 1. The van der Waals surface area contributed by atoms with Gasteiger partial charge in [0.2, 0.25) is 0 Å². The van der Waals surface area contributed by atoms with Gasteiger partial charge < -0.3 is 9.84 Å². The lowest BCUT2D eigenvalue weighted by Crippen LogP contribution is -2.27. The van der Waals surface area contributed by atoms with E-state index in [1.807, 2.05) is 0 Å². The number of phenols is 1. The van der Waals surface area contributed by atoms with Crippen molar-refractivity contribution >= 4 is 33.3 Å². The van der Waals surface area contributed by atoms with Gasteiger partial charge in [-0.25, -0.2) is 4.79 Å². The fraction of sp³-hybridized carbons (Fsp3) is 0.357. The first-order valence-electron chi connectivity index (χ1n) is 5.80. The highest BCUT2D eigenvalue weighted by Crippen LogP contribution is 2.28. The molecule has 0 spiro atoms. The van der Waals surface area contributed by atoms with Crippen molar-refractivity contribution in [3.05, 3.63) is 30.3 Å². The molecule has 0 atom stereocenters. The first-order valence-corrected chi connectivity index (χ1v) is 6.92. The van der Waals surface area contributed by atoms with Crippen molar-refractivity contribution in [2.45, 2.75) is 26.4 Å². The Morgan fingerprint density at radius 1 is 1.47 bits per heavy atom. The fourth-order valence-electron chi connectivity index (χ4n) is 1.35. The maximum atomic E-state index is 11.6. The lowest BCUT2D eigenvalue weighted by molar-refractivity contribution is 0.0635. The maximum Gasteiger partial charge on any atom is 0.412 e. The molecule has 1 aromatic rings. The Hall–Kier alpha value is -1.49. The molecule has 0 heterocycles. The predicted molar refractivity (Wildman–Crippen MR) is 80.8 cm³/mol. The van der Waals surface area contributed by atoms with Crippen LogP contribution in [0.3, 0.4) is 0 Å². The molecule has 0 unspecified atom stereocenters. The molecule has 0 aliphatic carbocycles. The molecule has 2 N–H and O–H groups in total. The molecule has 19 heavy (non-hydrogen) atoms. The molecular weight excluding hydrogens is 310 g/mol. The smallest absolute Gasteiger partial charge is 0.412 e. The predicted octanol–water partition coefficient (Wildman–Crippen LogP) is 4.15. The van der Waals surface area contributed by atoms with E-state index in [0.717, 1.165) is 11.1 Å². The van der Waals surface area contributed by atoms with E-state index in [4.69, 9.17) is 4.74 Å². The van der Waals surface area contributed by atoms with E-state index in [0.29, 0.717) is 11.0 Å². The van der Waals surface area contributed by atoms with Gasteiger partial charge in [-0.05, 0) is 44.0 Å². The van der Waals surface area contributed by atoms with Crippen LogP contribution in [0.15, 0.2) is 24.8 Å². The second-order valence-corrected chi connectivity index (χ2v) is 5.66. The van der Waals surface area contributed by atoms with Gasteiger partial charge in [-0.1, -0.05) is 28.6 Å². The third-order valence-electron chi connectivity index (χ3n) is 2.20. The average molecular weight is 328 g/mol. The largest absolute Gasteiger partial charge is 0.506 e. The standard InChI is InChI=1S/C14H18BrNO3/c1-9(8-15)10-5-6-11(12(17)7-10)16-13(18)19-14(2,3)4/h5-7,17H,1,8H2,2-4H3,(H,16,18). The quantitative estimate of drug-likeness (QED) is 0.647. The molecule has 0 radical (unpaired) electrons. The number of amides is 1. The van der Waals surface area contributed by atoms with Gasteiger partial charge in [0.05, 0.1) is 5.69 Å². The first-order chi connectivity index (χ1) is 8.73. The van der Waals surface area contributed by atoms with Crippen LogP contribution in [0.25, 0.3) is 5.57 Å². The lowest BCUT2D eigenvalue weighted by Gasteiger charge is -2.20. The minimum Gasteiger partial charge on any atom is -0.506 e. The Kier molecular flexibility index (Phi) is 5.00. The number of nitrogens with one attached hydrogen (secondary N) is 1. The molecule has 5 heteroatoms. The summed E-state index contributed by atoms with van der Waals surface area (Å²) < 4.78 is 5.11. The fourth-order valence-corrected chi connectivity index (χ4v) is 1.67. The molecule has 0 aromatic heterocycles. The van der Waals surface area contributed by atoms with Crippen LogP contribution in [0.5, 0.6) is 5.75 Å². The van der Waals surface area contributed by atoms with Gasteiger partial charge in [0.15, 0.2) is 0 Å². The molecule has 1 aromatic carbocycles. The SMILES string of the molecule is C=C(CBr)c1ccc(NC(=O)OC(C)(C)C)c(O)c1. The van der Waals surface area contributed by atoms with Crippen molar-refractivity contribution in [3.8, 4) is 5.75 Å². The van der Waals surface area contributed by atoms with Gasteiger partial charge in [0.1, 0.15) is 11.4 Å². The highest BCUT2D eigenvalue weighted by atomic mass is 79.9. The summed E-state index contributed by atoms with van der Waals surface area (Å²) in [6, 6.07) is 4.94. The van der Waals surface area contributed by atoms with Crippen LogP contribution in [-0.4, -0.2) is 22.1 Å². The Bertz CT molecular complexity index is 492. The van der Waals surface area contributed by atoms with Crippen LogP contribution in [0, 0.1) is 0 Å². The summed E-state index contributed by atoms with van der Waals surface area (Å²) in [5, 5.41) is 13.0. The van der Waals surface area contributed by atoms with Crippen molar-refractivity contribution < 1.29 is 14.6 Å². The van der Waals surface area contributed by atoms with Crippen LogP contribution >= 0.6 is 15.9 Å². The number of carbonyl (C=O) groups is 1. The summed E-state index contributed by atoms with van der Waals surface area (Å²) in [7, 11) is 0. The molecule has 0 aliphatic rings. The number of aromatic hydroxyl groups is 1. The van der Waals surface area contributed by atoms with Gasteiger partial charge in [-0.2, -0.15) is 0 Å². The number of halogens is 1. The average Bonchev–Trinajstić information content (AvgIpc) is 2.28. The number of hydrogen-bond donors (Lipinski definition) is 2. The number of carbonyl (C=O) groups excluding carboxylic acids is 1. The first kappa shape index (κ1) is 15.6. The number of allylic oxidation sites excluding steroid dienone is 1. The highest BCUT2D eigenvalue weighted by Gasteiger charge is 2.17. The van der Waals surface area contributed by atoms with Crippen LogP contribution in [-0.2, 0) is 4.74 Å². The van der Waals surface area contributed by atoms with Crippen molar-refractivity contribution in [1.82, 2.24) is 0 Å². The molecule has 104 valence electrons. The highest BCUT2D eigenvalue weighted by molar-refractivity contribution is 9.09. The van der Waals surface area contributed by atoms with E-state index in [2.05, 4.69) is 27.8 Å². The normalized spacial score (nSPS) is 10.9. The van der Waals surface area contributed by atoms with Crippen LogP contribution in [0.1, 0.15) is 26.3 Å². The van der Waals surface area contributed by atoms with E-state index < -0.39 is 11.7 Å². The Morgan fingerprint density at radius 2 is 2.11 bits per heavy atom. The van der Waals surface area contributed by atoms with Crippen LogP contribution in [0.2, 0.25) is 0 Å². The van der Waals surface area contributed by atoms with E-state index in [1.165, 1.54) is 0 Å². The monoisotopic (exact) mass is 327 g/mol. The van der Waals surface area contributed by atoms with Gasteiger partial charge in [-0.3, -0.25) is 5.32 Å². The van der Waals surface area contributed by atoms with Crippen LogP contribution < -0.4 is 5.32 Å². The zero-order valence-corrected chi connectivity index (χ0v) is 12.9. The minimum atomic E-state index is -0.602. The number of rotatable bonds is 3. The maximum absolute atomic E-state index is 11.6. The lowest BCUT2D eigenvalue weighted by atomic mass is 10.1. The topological polar surface area (TPSA) is 58.6 Å². The van der Waals surface area contributed by atoms with Crippen molar-refractivity contribution in [2.24, 2.45) is 0 Å². The Morgan fingerprint density at radius 3 is 2.58 bits per heavy atom. The van der Waals surface area contributed by atoms with Crippen LogP contribution in [0.4, 0.5) is 10.5 Å². The van der Waals surface area contributed by atoms with E-state index >= 15 is 0 Å². The van der Waals surface area contributed by atoms with Gasteiger partial charge >= 0.3 is 6.09 Å². The van der Waals surface area contributed by atoms with E-state index in [9.17, 15) is 9.90 Å². The molecule has 0 saturated heterocycles. The zero-order valence-electron chi connectivity index (χ0n) is 11.3. The van der Waals surface area contributed by atoms with Gasteiger partial charge in [-0.15, -0.1) is 0 Å². The number of phenolic OH excluding ortho intramolecular Hbond substituents is 1. The number of hydrogen-bond acceptors (Lipinski definition) is 3. The van der Waals surface area contributed by atoms with Gasteiger partial charge in [0, 0.05) is 5.33 Å². The minimum absolute atomic E-state index is 0.0227. The number of benzene rings is 1. The number of ether oxygens (including phenoxy) is 1. The summed E-state index contributed by atoms with van der Waals surface area (Å²) in [5.41, 5.74) is 1.38. The zero-order chi connectivity index (χ0) is 14.6. The second-order valence-electron chi connectivity index (χ2n) is 5.10. The molecule has 4 nitrogen and oxygen atoms in total. The third kappa shape index (κ3) is 4.95.